The van der Waals surface area contributed by atoms with E-state index in [1.54, 1.807) is 26.8 Å². The molecule has 9 heteroatoms. The van der Waals surface area contributed by atoms with Crippen LogP contribution >= 0.6 is 22.9 Å². The lowest BCUT2D eigenvalue weighted by atomic mass is 10.1. The maximum Gasteiger partial charge on any atom is 0.342 e. The quantitative estimate of drug-likeness (QED) is 0.404. The van der Waals surface area contributed by atoms with E-state index in [1.807, 2.05) is 0 Å². The molecule has 3 aromatic heterocycles. The molecule has 0 aliphatic heterocycles. The number of H-pyrrole nitrogens is 1. The average Bonchev–Trinajstić information content (AvgIpc) is 2.89. The van der Waals surface area contributed by atoms with Crippen molar-refractivity contribution < 1.29 is 14.3 Å². The molecule has 0 amide bonds. The van der Waals surface area contributed by atoms with E-state index >= 15 is 0 Å². The fourth-order valence-electron chi connectivity index (χ4n) is 2.84. The van der Waals surface area contributed by atoms with Gasteiger partial charge in [-0.1, -0.05) is 11.6 Å². The molecule has 0 saturated heterocycles. The predicted octanol–water partition coefficient (Wildman–Crippen LogP) is 3.52. The van der Waals surface area contributed by atoms with Gasteiger partial charge in [0, 0.05) is 5.69 Å². The van der Waals surface area contributed by atoms with Crippen LogP contribution in [-0.2, 0) is 11.3 Å². The highest BCUT2D eigenvalue weighted by Crippen LogP contribution is 2.27. The van der Waals surface area contributed by atoms with Gasteiger partial charge in [0.1, 0.15) is 22.4 Å². The topological polar surface area (TPSA) is 102 Å². The van der Waals surface area contributed by atoms with Crippen LogP contribution < -0.4 is 5.56 Å². The number of nitrogens with zero attached hydrogens (tertiary/aromatic N) is 2. The smallest absolute Gasteiger partial charge is 0.342 e. The molecule has 3 heterocycles. The Kier molecular flexibility index (Phi) is 5.12. The summed E-state index contributed by atoms with van der Waals surface area (Å²) in [5.74, 6) is -0.592. The number of halogens is 1. The van der Waals surface area contributed by atoms with Gasteiger partial charge in [-0.3, -0.25) is 9.59 Å². The summed E-state index contributed by atoms with van der Waals surface area (Å²) < 4.78 is 5.25. The van der Waals surface area contributed by atoms with Crippen LogP contribution in [-0.4, -0.2) is 26.7 Å². The summed E-state index contributed by atoms with van der Waals surface area (Å²) in [7, 11) is 0. The molecule has 27 heavy (non-hydrogen) atoms. The summed E-state index contributed by atoms with van der Waals surface area (Å²) in [6, 6.07) is 1.73. The Bertz CT molecular complexity index is 1130. The van der Waals surface area contributed by atoms with Crippen molar-refractivity contribution in [3.8, 4) is 0 Å². The van der Waals surface area contributed by atoms with E-state index in [4.69, 9.17) is 16.3 Å². The summed E-state index contributed by atoms with van der Waals surface area (Å²) in [4.78, 5) is 48.3. The normalized spacial score (nSPS) is 11.0. The first-order valence-electron chi connectivity index (χ1n) is 8.03. The van der Waals surface area contributed by atoms with Crippen LogP contribution in [0.3, 0.4) is 0 Å². The summed E-state index contributed by atoms with van der Waals surface area (Å²) in [5, 5.41) is 0.441. The van der Waals surface area contributed by atoms with Gasteiger partial charge in [-0.15, -0.1) is 11.3 Å². The molecule has 0 unspecified atom stereocenters. The number of aromatic nitrogens is 3. The molecule has 0 spiro atoms. The molecule has 0 aliphatic rings. The van der Waals surface area contributed by atoms with Gasteiger partial charge in [0.15, 0.2) is 5.78 Å². The molecular weight excluding hydrogens is 390 g/mol. The van der Waals surface area contributed by atoms with Crippen molar-refractivity contribution >= 4 is 44.9 Å². The number of ether oxygens (including phenoxy) is 1. The number of pyridine rings is 1. The van der Waals surface area contributed by atoms with E-state index in [1.165, 1.54) is 6.92 Å². The van der Waals surface area contributed by atoms with Crippen LogP contribution in [0.2, 0.25) is 5.15 Å². The van der Waals surface area contributed by atoms with Crippen molar-refractivity contribution in [3.05, 3.63) is 54.7 Å². The van der Waals surface area contributed by atoms with Crippen molar-refractivity contribution in [2.24, 2.45) is 0 Å². The molecule has 0 bridgehead atoms. The van der Waals surface area contributed by atoms with E-state index in [9.17, 15) is 14.4 Å². The standard InChI is InChI=1S/C18H16ClN3O4S/c1-7-5-8(2)20-15(19)12(7)18(25)26-6-11-21-16(24)13-9(3)14(10(4)23)27-17(13)22-11/h5H,6H2,1-4H3,(H,21,22,24). The first-order valence-corrected chi connectivity index (χ1v) is 9.22. The molecule has 1 N–H and O–H groups in total. The van der Waals surface area contributed by atoms with Gasteiger partial charge >= 0.3 is 5.97 Å². The van der Waals surface area contributed by atoms with Crippen molar-refractivity contribution in [2.75, 3.05) is 0 Å². The number of nitrogens with one attached hydrogen (secondary N) is 1. The van der Waals surface area contributed by atoms with Crippen molar-refractivity contribution in [2.45, 2.75) is 34.3 Å². The molecule has 0 radical (unpaired) electrons. The van der Waals surface area contributed by atoms with Gasteiger partial charge in [-0.25, -0.2) is 14.8 Å². The third-order valence-corrected chi connectivity index (χ3v) is 5.57. The fraction of sp³-hybridized carbons (Fsp3) is 0.278. The number of rotatable bonds is 4. The number of hydrogen-bond acceptors (Lipinski definition) is 7. The lowest BCUT2D eigenvalue weighted by Crippen LogP contribution is -2.15. The maximum atomic E-state index is 12.4. The number of fused-ring (bicyclic) bond motifs is 1. The predicted molar refractivity (Wildman–Crippen MR) is 103 cm³/mol. The van der Waals surface area contributed by atoms with Crippen molar-refractivity contribution in [3.63, 3.8) is 0 Å². The Labute approximate surface area is 163 Å². The zero-order valence-electron chi connectivity index (χ0n) is 15.1. The molecule has 140 valence electrons. The van der Waals surface area contributed by atoms with E-state index in [0.717, 1.165) is 11.3 Å². The zero-order valence-corrected chi connectivity index (χ0v) is 16.7. The zero-order chi connectivity index (χ0) is 19.9. The number of ketones is 1. The second kappa shape index (κ2) is 7.21. The number of aryl methyl sites for hydroxylation is 3. The van der Waals surface area contributed by atoms with Gasteiger partial charge in [0.25, 0.3) is 5.56 Å². The third kappa shape index (κ3) is 3.63. The van der Waals surface area contributed by atoms with Crippen LogP contribution in [0.5, 0.6) is 0 Å². The number of hydrogen-bond donors (Lipinski definition) is 1. The van der Waals surface area contributed by atoms with Crippen LogP contribution in [0.4, 0.5) is 0 Å². The number of carbonyl (C=O) groups is 2. The Morgan fingerprint density at radius 1 is 1.26 bits per heavy atom. The minimum absolute atomic E-state index is 0.0642. The summed E-state index contributed by atoms with van der Waals surface area (Å²) in [6.07, 6.45) is 0. The van der Waals surface area contributed by atoms with E-state index < -0.39 is 5.97 Å². The summed E-state index contributed by atoms with van der Waals surface area (Å²) in [6.45, 7) is 6.43. The SMILES string of the molecule is CC(=O)c1sc2nc(COC(=O)c3c(C)cc(C)nc3Cl)[nH]c(=O)c2c1C. The first-order chi connectivity index (χ1) is 12.7. The largest absolute Gasteiger partial charge is 0.454 e. The van der Waals surface area contributed by atoms with Crippen LogP contribution in [0.1, 0.15) is 49.6 Å². The average molecular weight is 406 g/mol. The Morgan fingerprint density at radius 3 is 2.59 bits per heavy atom. The first kappa shape index (κ1) is 19.2. The number of thiophene rings is 1. The van der Waals surface area contributed by atoms with E-state index in [0.29, 0.717) is 31.9 Å². The Morgan fingerprint density at radius 2 is 1.96 bits per heavy atom. The number of esters is 1. The highest BCUT2D eigenvalue weighted by molar-refractivity contribution is 7.20. The molecule has 0 fully saturated rings. The maximum absolute atomic E-state index is 12.4. The molecule has 0 aliphatic carbocycles. The number of carbonyl (C=O) groups excluding carboxylic acids is 2. The van der Waals surface area contributed by atoms with Crippen molar-refractivity contribution in [1.29, 1.82) is 0 Å². The minimum Gasteiger partial charge on any atom is -0.454 e. The minimum atomic E-state index is -0.653. The van der Waals surface area contributed by atoms with Gasteiger partial charge < -0.3 is 9.72 Å². The van der Waals surface area contributed by atoms with E-state index in [2.05, 4.69) is 15.0 Å². The Hall–Kier alpha value is -2.58. The second-order valence-electron chi connectivity index (χ2n) is 6.13. The third-order valence-electron chi connectivity index (χ3n) is 4.01. The lowest BCUT2D eigenvalue weighted by Gasteiger charge is -2.09. The molecule has 0 saturated carbocycles. The number of aromatic amines is 1. The highest BCUT2D eigenvalue weighted by atomic mass is 35.5. The molecule has 3 rings (SSSR count). The van der Waals surface area contributed by atoms with Gasteiger partial charge in [-0.05, 0) is 44.9 Å². The van der Waals surface area contributed by atoms with Gasteiger partial charge in [-0.2, -0.15) is 0 Å². The summed E-state index contributed by atoms with van der Waals surface area (Å²) >= 11 is 7.19. The van der Waals surface area contributed by atoms with Crippen LogP contribution in [0, 0.1) is 20.8 Å². The molecule has 7 nitrogen and oxygen atoms in total. The molecule has 0 aromatic carbocycles. The second-order valence-corrected chi connectivity index (χ2v) is 7.48. The monoisotopic (exact) mass is 405 g/mol. The summed E-state index contributed by atoms with van der Waals surface area (Å²) in [5.41, 5.74) is 1.75. The van der Waals surface area contributed by atoms with Crippen LogP contribution in [0.15, 0.2) is 10.9 Å². The molecular formula is C18H16ClN3O4S. The highest BCUT2D eigenvalue weighted by Gasteiger charge is 2.19. The van der Waals surface area contributed by atoms with Gasteiger partial charge in [0.05, 0.1) is 15.8 Å². The Balaban J connectivity index is 1.89. The molecule has 0 atom stereocenters. The van der Waals surface area contributed by atoms with Crippen molar-refractivity contribution in [1.82, 2.24) is 15.0 Å². The lowest BCUT2D eigenvalue weighted by molar-refractivity contribution is 0.0461. The van der Waals surface area contributed by atoms with Gasteiger partial charge in [0.2, 0.25) is 0 Å². The number of Topliss-reactive ketones (excluding diaryl/α,β-unsaturated/α-hetero) is 1. The van der Waals surface area contributed by atoms with Crippen LogP contribution in [0.25, 0.3) is 10.2 Å². The van der Waals surface area contributed by atoms with E-state index in [-0.39, 0.29) is 34.5 Å². The molecule has 3 aromatic rings. The fourth-order valence-corrected chi connectivity index (χ4v) is 4.29.